The molecule has 0 bridgehead atoms. The van der Waals surface area contributed by atoms with Crippen molar-refractivity contribution in [2.45, 2.75) is 19.4 Å². The Kier molecular flexibility index (Phi) is 3.58. The number of rotatable bonds is 3. The third-order valence-electron chi connectivity index (χ3n) is 3.04. The molecule has 0 aromatic heterocycles. The number of nitriles is 1. The Hall–Kier alpha value is -1.93. The quantitative estimate of drug-likeness (QED) is 0.878. The van der Waals surface area contributed by atoms with Gasteiger partial charge in [-0.2, -0.15) is 5.26 Å². The maximum atomic E-state index is 13.2. The highest BCUT2D eigenvalue weighted by Crippen LogP contribution is 2.23. The van der Waals surface area contributed by atoms with Crippen molar-refractivity contribution in [1.82, 2.24) is 5.32 Å². The first-order chi connectivity index (χ1) is 8.67. The second kappa shape index (κ2) is 5.15. The lowest BCUT2D eigenvalue weighted by Gasteiger charge is -2.17. The van der Waals surface area contributed by atoms with E-state index in [-0.39, 0.29) is 17.5 Å². The van der Waals surface area contributed by atoms with Crippen LogP contribution in [0.25, 0.3) is 0 Å². The molecule has 18 heavy (non-hydrogen) atoms. The third-order valence-corrected chi connectivity index (χ3v) is 3.04. The molecule has 0 saturated carbocycles. The van der Waals surface area contributed by atoms with Gasteiger partial charge in [-0.25, -0.2) is 4.39 Å². The lowest BCUT2D eigenvalue weighted by molar-refractivity contribution is -0.118. The van der Waals surface area contributed by atoms with Crippen molar-refractivity contribution in [2.75, 3.05) is 18.0 Å². The van der Waals surface area contributed by atoms with Gasteiger partial charge in [-0.1, -0.05) is 6.92 Å². The Morgan fingerprint density at radius 3 is 3.06 bits per heavy atom. The Labute approximate surface area is 105 Å². The molecule has 1 unspecified atom stereocenters. The fraction of sp³-hybridized carbons (Fsp3) is 0.385. The predicted octanol–water partition coefficient (Wildman–Crippen LogP) is 1.41. The van der Waals surface area contributed by atoms with Crippen molar-refractivity contribution in [2.24, 2.45) is 0 Å². The number of anilines is 1. The lowest BCUT2D eigenvalue weighted by atomic mass is 10.2. The van der Waals surface area contributed by atoms with Crippen LogP contribution < -0.4 is 10.2 Å². The fourth-order valence-electron chi connectivity index (χ4n) is 2.14. The minimum atomic E-state index is -0.559. The summed E-state index contributed by atoms with van der Waals surface area (Å²) in [6.07, 6.45) is 0.728. The van der Waals surface area contributed by atoms with Gasteiger partial charge in [-0.15, -0.1) is 0 Å². The van der Waals surface area contributed by atoms with Gasteiger partial charge >= 0.3 is 0 Å². The summed E-state index contributed by atoms with van der Waals surface area (Å²) in [5, 5.41) is 11.9. The highest BCUT2D eigenvalue weighted by atomic mass is 19.1. The van der Waals surface area contributed by atoms with E-state index in [4.69, 9.17) is 5.26 Å². The minimum absolute atomic E-state index is 0.0210. The van der Waals surface area contributed by atoms with E-state index in [1.165, 1.54) is 18.2 Å². The van der Waals surface area contributed by atoms with Crippen molar-refractivity contribution in [3.8, 4) is 6.07 Å². The first-order valence-corrected chi connectivity index (χ1v) is 5.91. The van der Waals surface area contributed by atoms with Crippen LogP contribution in [0.3, 0.4) is 0 Å². The first-order valence-electron chi connectivity index (χ1n) is 5.91. The smallest absolute Gasteiger partial charge is 0.244 e. The zero-order chi connectivity index (χ0) is 13.1. The summed E-state index contributed by atoms with van der Waals surface area (Å²) in [7, 11) is 0. The second-order valence-corrected chi connectivity index (χ2v) is 4.16. The van der Waals surface area contributed by atoms with E-state index in [2.05, 4.69) is 5.32 Å². The van der Waals surface area contributed by atoms with E-state index in [9.17, 15) is 9.18 Å². The van der Waals surface area contributed by atoms with Crippen molar-refractivity contribution >= 4 is 11.6 Å². The maximum Gasteiger partial charge on any atom is 0.244 e. The van der Waals surface area contributed by atoms with Crippen molar-refractivity contribution in [3.05, 3.63) is 29.6 Å². The highest BCUT2D eigenvalue weighted by Gasteiger charge is 2.31. The Morgan fingerprint density at radius 1 is 1.61 bits per heavy atom. The molecule has 1 aliphatic heterocycles. The van der Waals surface area contributed by atoms with Gasteiger partial charge in [0.2, 0.25) is 5.91 Å². The lowest BCUT2D eigenvalue weighted by Crippen LogP contribution is -2.38. The van der Waals surface area contributed by atoms with Gasteiger partial charge in [0.05, 0.1) is 11.6 Å². The summed E-state index contributed by atoms with van der Waals surface area (Å²) in [5.41, 5.74) is 0.547. The van der Waals surface area contributed by atoms with Gasteiger partial charge < -0.3 is 10.2 Å². The summed E-state index contributed by atoms with van der Waals surface area (Å²) in [4.78, 5) is 13.7. The fourth-order valence-corrected chi connectivity index (χ4v) is 2.14. The third kappa shape index (κ3) is 2.20. The molecule has 94 valence electrons. The SMILES string of the molecule is CCNC1CCN(c2ccc(F)c(C#N)c2)C1=O. The van der Waals surface area contributed by atoms with Gasteiger partial charge in [0.1, 0.15) is 11.9 Å². The summed E-state index contributed by atoms with van der Waals surface area (Å²) in [6.45, 7) is 3.27. The molecule has 1 aromatic carbocycles. The van der Waals surface area contributed by atoms with Crippen LogP contribution >= 0.6 is 0 Å². The first kappa shape index (κ1) is 12.5. The summed E-state index contributed by atoms with van der Waals surface area (Å²) < 4.78 is 13.2. The van der Waals surface area contributed by atoms with Crippen LogP contribution in [0, 0.1) is 17.1 Å². The van der Waals surface area contributed by atoms with E-state index in [1.807, 2.05) is 6.92 Å². The van der Waals surface area contributed by atoms with Crippen LogP contribution in [0.4, 0.5) is 10.1 Å². The summed E-state index contributed by atoms with van der Waals surface area (Å²) >= 11 is 0. The largest absolute Gasteiger partial charge is 0.311 e. The molecular formula is C13H14FN3O. The molecule has 4 nitrogen and oxygen atoms in total. The van der Waals surface area contributed by atoms with E-state index < -0.39 is 5.82 Å². The number of carbonyl (C=O) groups excluding carboxylic acids is 1. The molecule has 1 atom stereocenters. The summed E-state index contributed by atoms with van der Waals surface area (Å²) in [5.74, 6) is -0.580. The number of benzene rings is 1. The van der Waals surface area contributed by atoms with Crippen molar-refractivity contribution < 1.29 is 9.18 Å². The Balaban J connectivity index is 2.23. The van der Waals surface area contributed by atoms with E-state index in [0.717, 1.165) is 13.0 Å². The number of amides is 1. The molecule has 0 aliphatic carbocycles. The number of hydrogen-bond donors (Lipinski definition) is 1. The predicted molar refractivity (Wildman–Crippen MR) is 65.5 cm³/mol. The van der Waals surface area contributed by atoms with Gasteiger partial charge in [0, 0.05) is 12.2 Å². The molecule has 1 heterocycles. The highest BCUT2D eigenvalue weighted by molar-refractivity contribution is 5.99. The number of nitrogens with zero attached hydrogens (tertiary/aromatic N) is 2. The normalized spacial score (nSPS) is 19.1. The average molecular weight is 247 g/mol. The standard InChI is InChI=1S/C13H14FN3O/c1-2-16-12-5-6-17(13(12)18)10-3-4-11(14)9(7-10)8-15/h3-4,7,12,16H,2,5-6H2,1H3. The van der Waals surface area contributed by atoms with Crippen LogP contribution in [0.2, 0.25) is 0 Å². The van der Waals surface area contributed by atoms with E-state index >= 15 is 0 Å². The maximum absolute atomic E-state index is 13.2. The average Bonchev–Trinajstić information content (AvgIpc) is 2.73. The minimum Gasteiger partial charge on any atom is -0.311 e. The van der Waals surface area contributed by atoms with Crippen LogP contribution in [-0.4, -0.2) is 25.0 Å². The molecule has 1 aromatic rings. The molecule has 1 N–H and O–H groups in total. The van der Waals surface area contributed by atoms with E-state index in [0.29, 0.717) is 12.2 Å². The topological polar surface area (TPSA) is 56.1 Å². The van der Waals surface area contributed by atoms with Crippen molar-refractivity contribution in [3.63, 3.8) is 0 Å². The molecule has 0 spiro atoms. The Morgan fingerprint density at radius 2 is 2.39 bits per heavy atom. The van der Waals surface area contributed by atoms with Crippen LogP contribution in [0.15, 0.2) is 18.2 Å². The van der Waals surface area contributed by atoms with Crippen molar-refractivity contribution in [1.29, 1.82) is 5.26 Å². The molecule has 1 aliphatic rings. The number of carbonyl (C=O) groups is 1. The summed E-state index contributed by atoms with van der Waals surface area (Å²) in [6, 6.07) is 5.78. The van der Waals surface area contributed by atoms with Crippen LogP contribution in [-0.2, 0) is 4.79 Å². The number of likely N-dealkylation sites (N-methyl/N-ethyl adjacent to an activating group) is 1. The molecule has 1 saturated heterocycles. The van der Waals surface area contributed by atoms with Crippen LogP contribution in [0.1, 0.15) is 18.9 Å². The van der Waals surface area contributed by atoms with Gasteiger partial charge in [0.15, 0.2) is 0 Å². The van der Waals surface area contributed by atoms with E-state index in [1.54, 1.807) is 11.0 Å². The number of halogens is 1. The molecule has 0 radical (unpaired) electrons. The molecule has 2 rings (SSSR count). The number of hydrogen-bond acceptors (Lipinski definition) is 3. The van der Waals surface area contributed by atoms with Gasteiger partial charge in [-0.05, 0) is 31.2 Å². The molecule has 5 heteroatoms. The molecule has 1 amide bonds. The monoisotopic (exact) mass is 247 g/mol. The molecular weight excluding hydrogens is 233 g/mol. The van der Waals surface area contributed by atoms with Gasteiger partial charge in [-0.3, -0.25) is 4.79 Å². The zero-order valence-corrected chi connectivity index (χ0v) is 10.1. The second-order valence-electron chi connectivity index (χ2n) is 4.16. The Bertz CT molecular complexity index is 509. The van der Waals surface area contributed by atoms with Gasteiger partial charge in [0.25, 0.3) is 0 Å². The zero-order valence-electron chi connectivity index (χ0n) is 10.1. The number of nitrogens with one attached hydrogen (secondary N) is 1. The van der Waals surface area contributed by atoms with Crippen LogP contribution in [0.5, 0.6) is 0 Å². The molecule has 1 fully saturated rings.